The Bertz CT molecular complexity index is 1160. The van der Waals surface area contributed by atoms with Gasteiger partial charge in [-0.3, -0.25) is 0 Å². The Morgan fingerprint density at radius 2 is 0.524 bits per heavy atom. The van der Waals surface area contributed by atoms with E-state index in [0.717, 1.165) is 26.2 Å². The maximum atomic E-state index is 2.32. The molecule has 0 bridgehead atoms. The molecule has 0 aliphatic rings. The third kappa shape index (κ3) is 12.2. The van der Waals surface area contributed by atoms with Crippen LogP contribution in [0.5, 0.6) is 0 Å². The zero-order valence-corrected chi connectivity index (χ0v) is 31.9. The first kappa shape index (κ1) is 34.8. The molecule has 4 aromatic rings. The third-order valence-corrected chi connectivity index (χ3v) is 14.1. The van der Waals surface area contributed by atoms with Gasteiger partial charge in [-0.1, -0.05) is 0 Å². The van der Waals surface area contributed by atoms with E-state index in [0.29, 0.717) is 0 Å². The molecule has 4 aromatic carbocycles. The summed E-state index contributed by atoms with van der Waals surface area (Å²) in [6, 6.07) is 35.7. The average Bonchev–Trinajstić information content (AvgIpc) is 2.92. The van der Waals surface area contributed by atoms with E-state index in [1.54, 1.807) is 14.0 Å². The first-order valence-corrected chi connectivity index (χ1v) is 19.6. The van der Waals surface area contributed by atoms with Crippen LogP contribution in [-0.4, -0.2) is 119 Å². The Labute approximate surface area is 276 Å². The van der Waals surface area contributed by atoms with Gasteiger partial charge in [-0.05, 0) is 0 Å². The van der Waals surface area contributed by atoms with Crippen LogP contribution in [0.3, 0.4) is 0 Å². The molecule has 0 amide bonds. The Balaban J connectivity index is 0.000000230. The van der Waals surface area contributed by atoms with Gasteiger partial charge in [0.15, 0.2) is 0 Å². The topological polar surface area (TPSA) is 13.0 Å². The van der Waals surface area contributed by atoms with Crippen LogP contribution in [0.4, 0.5) is 0 Å². The molecule has 4 nitrogen and oxygen atoms in total. The second kappa shape index (κ2) is 18.2. The van der Waals surface area contributed by atoms with Crippen LogP contribution < -0.4 is 14.0 Å². The predicted octanol–water partition coefficient (Wildman–Crippen LogP) is 2.93. The summed E-state index contributed by atoms with van der Waals surface area (Å²) in [4.78, 5) is 9.00. The summed E-state index contributed by atoms with van der Waals surface area (Å²) in [7, 11) is 17.1. The molecule has 0 N–H and O–H groups in total. The number of hydrogen-bond acceptors (Lipinski definition) is 4. The van der Waals surface area contributed by atoms with Gasteiger partial charge >= 0.3 is 279 Å². The van der Waals surface area contributed by atoms with E-state index in [1.165, 1.54) is 22.3 Å². The molecule has 0 heterocycles. The van der Waals surface area contributed by atoms with Crippen LogP contribution in [0.25, 0.3) is 0 Å². The van der Waals surface area contributed by atoms with Gasteiger partial charge in [0.1, 0.15) is 0 Å². The van der Waals surface area contributed by atoms with Gasteiger partial charge in [0.05, 0.1) is 0 Å². The molecule has 0 saturated carbocycles. The van der Waals surface area contributed by atoms with E-state index in [1.807, 2.05) is 0 Å². The van der Waals surface area contributed by atoms with Gasteiger partial charge in [-0.15, -0.1) is 0 Å². The summed E-state index contributed by atoms with van der Waals surface area (Å²) >= 11 is -1.09. The van der Waals surface area contributed by atoms with Crippen molar-refractivity contribution in [2.75, 3.05) is 56.4 Å². The molecule has 0 unspecified atom stereocenters. The van der Waals surface area contributed by atoms with Gasteiger partial charge in [0.2, 0.25) is 0 Å². The van der Waals surface area contributed by atoms with Crippen molar-refractivity contribution in [1.29, 1.82) is 0 Å². The van der Waals surface area contributed by atoms with Crippen molar-refractivity contribution in [3.63, 3.8) is 0 Å². The molecule has 0 atom stereocenters. The number of rotatable bonds is 12. The quantitative estimate of drug-likeness (QED) is 0.206. The van der Waals surface area contributed by atoms with E-state index in [-0.39, 0.29) is 0 Å². The van der Waals surface area contributed by atoms with E-state index in [9.17, 15) is 0 Å². The molecule has 0 fully saturated rings. The van der Waals surface area contributed by atoms with Crippen LogP contribution in [0.1, 0.15) is 22.3 Å². The summed E-state index contributed by atoms with van der Waals surface area (Å²) in [5.41, 5.74) is 5.94. The van der Waals surface area contributed by atoms with E-state index in [2.05, 4.69) is 173 Å². The molecule has 6 heteroatoms. The van der Waals surface area contributed by atoms with Crippen molar-refractivity contribution in [2.45, 2.75) is 26.2 Å². The van der Waals surface area contributed by atoms with E-state index in [4.69, 9.17) is 0 Å². The van der Waals surface area contributed by atoms with E-state index < -0.39 is 43.2 Å². The molecule has 2 radical (unpaired) electrons. The molecule has 42 heavy (non-hydrogen) atoms. The zero-order valence-electron chi connectivity index (χ0n) is 26.7. The first-order valence-electron chi connectivity index (χ1n) is 14.5. The summed E-state index contributed by atoms with van der Waals surface area (Å²) in [6.07, 6.45) is 0. The minimum absolute atomic E-state index is 0.546. The minimum atomic E-state index is -0.546. The molecule has 0 saturated heterocycles. The molecule has 222 valence electrons. The van der Waals surface area contributed by atoms with Crippen LogP contribution in [0.2, 0.25) is 0 Å². The van der Waals surface area contributed by atoms with E-state index >= 15 is 0 Å². The Morgan fingerprint density at radius 1 is 0.333 bits per heavy atom. The fraction of sp³-hybridized carbons (Fsp3) is 0.333. The van der Waals surface area contributed by atoms with Gasteiger partial charge < -0.3 is 0 Å². The van der Waals surface area contributed by atoms with Crippen molar-refractivity contribution < 1.29 is 0 Å². The molecular formula is C36H48N4Sb2. The maximum absolute atomic E-state index is 2.32. The van der Waals surface area contributed by atoms with Crippen molar-refractivity contribution in [2.24, 2.45) is 0 Å². The third-order valence-electron chi connectivity index (χ3n) is 6.39. The number of benzene rings is 4. The van der Waals surface area contributed by atoms with Crippen LogP contribution in [0.15, 0.2) is 97.1 Å². The SMILES string of the molecule is CN(C)Cc1cccc[c]1[Sb][c]1ccccc1CN(C)C.CN(C)Cc1cccc[c]1[Sb][c]1ccccc1CN(C)C. The molecule has 4 rings (SSSR count). The van der Waals surface area contributed by atoms with Gasteiger partial charge in [0, 0.05) is 0 Å². The van der Waals surface area contributed by atoms with Crippen LogP contribution in [0, 0.1) is 0 Å². The molecule has 0 aromatic heterocycles. The predicted molar refractivity (Wildman–Crippen MR) is 185 cm³/mol. The van der Waals surface area contributed by atoms with Gasteiger partial charge in [-0.25, -0.2) is 0 Å². The Morgan fingerprint density at radius 3 is 0.714 bits per heavy atom. The summed E-state index contributed by atoms with van der Waals surface area (Å²) in [6.45, 7) is 4.12. The standard InChI is InChI=1S/4C9H12N.2Sb/c4*1-10(2)8-9-6-4-3-5-7-9;;/h4*3-6H,8H2,1-2H3;;. The molecule has 0 spiro atoms. The van der Waals surface area contributed by atoms with Crippen molar-refractivity contribution >= 4 is 57.3 Å². The fourth-order valence-electron chi connectivity index (χ4n) is 4.64. The molecule has 0 aliphatic heterocycles. The Kier molecular flexibility index (Phi) is 15.1. The summed E-state index contributed by atoms with van der Waals surface area (Å²) in [5, 5.41) is 0. The van der Waals surface area contributed by atoms with Crippen LogP contribution in [-0.2, 0) is 26.2 Å². The average molecular weight is 780 g/mol. The second-order valence-electron chi connectivity index (χ2n) is 11.7. The normalized spacial score (nSPS) is 11.3. The first-order chi connectivity index (χ1) is 20.1. The monoisotopic (exact) mass is 778 g/mol. The second-order valence-corrected chi connectivity index (χ2v) is 18.5. The Hall–Kier alpha value is -1.64. The number of hydrogen-bond donors (Lipinski definition) is 0. The van der Waals surface area contributed by atoms with Crippen molar-refractivity contribution in [3.8, 4) is 0 Å². The fourth-order valence-corrected chi connectivity index (χ4v) is 11.2. The number of nitrogens with zero attached hydrogens (tertiary/aromatic N) is 4. The molecule has 0 aliphatic carbocycles. The van der Waals surface area contributed by atoms with Crippen molar-refractivity contribution in [3.05, 3.63) is 119 Å². The van der Waals surface area contributed by atoms with Crippen molar-refractivity contribution in [1.82, 2.24) is 19.6 Å². The summed E-state index contributed by atoms with van der Waals surface area (Å²) in [5.74, 6) is 0. The zero-order chi connectivity index (χ0) is 30.5. The summed E-state index contributed by atoms with van der Waals surface area (Å²) < 4.78 is 6.31. The van der Waals surface area contributed by atoms with Crippen LogP contribution >= 0.6 is 0 Å². The van der Waals surface area contributed by atoms with Gasteiger partial charge in [-0.2, -0.15) is 0 Å². The van der Waals surface area contributed by atoms with Gasteiger partial charge in [0.25, 0.3) is 0 Å². The molecular weight excluding hydrogens is 732 g/mol.